The summed E-state index contributed by atoms with van der Waals surface area (Å²) in [5.74, 6) is 1.48. The van der Waals surface area contributed by atoms with Crippen LogP contribution in [0.15, 0.2) is 4.52 Å². The van der Waals surface area contributed by atoms with E-state index in [1.165, 1.54) is 25.7 Å². The predicted molar refractivity (Wildman–Crippen MR) is 75.3 cm³/mol. The van der Waals surface area contributed by atoms with Gasteiger partial charge in [-0.25, -0.2) is 0 Å². The van der Waals surface area contributed by atoms with Crippen molar-refractivity contribution < 1.29 is 9.26 Å². The zero-order chi connectivity index (χ0) is 14.1. The maximum absolute atomic E-state index is 6.00. The van der Waals surface area contributed by atoms with Crippen molar-refractivity contribution in [2.24, 2.45) is 5.73 Å². The molecule has 1 aromatic rings. The first kappa shape index (κ1) is 14.0. The fourth-order valence-corrected chi connectivity index (χ4v) is 3.84. The Labute approximate surface area is 120 Å². The molecule has 0 aromatic carbocycles. The lowest BCUT2D eigenvalue weighted by molar-refractivity contribution is -0.0469. The van der Waals surface area contributed by atoms with E-state index in [9.17, 15) is 0 Å². The monoisotopic (exact) mass is 279 g/mol. The molecule has 5 heteroatoms. The first-order valence-electron chi connectivity index (χ1n) is 7.93. The molecular formula is C15H25N3O2. The second kappa shape index (κ2) is 5.45. The van der Waals surface area contributed by atoms with E-state index in [2.05, 4.69) is 5.16 Å². The first-order valence-corrected chi connectivity index (χ1v) is 7.93. The van der Waals surface area contributed by atoms with Crippen LogP contribution in [-0.2, 0) is 15.8 Å². The van der Waals surface area contributed by atoms with Crippen molar-refractivity contribution in [1.82, 2.24) is 10.1 Å². The lowest BCUT2D eigenvalue weighted by Gasteiger charge is -2.25. The summed E-state index contributed by atoms with van der Waals surface area (Å²) in [7, 11) is 0. The second-order valence-corrected chi connectivity index (χ2v) is 6.25. The van der Waals surface area contributed by atoms with Crippen molar-refractivity contribution in [2.45, 2.75) is 69.3 Å². The van der Waals surface area contributed by atoms with Crippen molar-refractivity contribution in [1.29, 1.82) is 0 Å². The van der Waals surface area contributed by atoms with Crippen molar-refractivity contribution in [3.63, 3.8) is 0 Å². The minimum absolute atomic E-state index is 0.0861. The average molecular weight is 279 g/mol. The van der Waals surface area contributed by atoms with Crippen LogP contribution in [0.2, 0.25) is 0 Å². The largest absolute Gasteiger partial charge is 0.367 e. The Balaban J connectivity index is 1.89. The zero-order valence-corrected chi connectivity index (χ0v) is 12.4. The molecule has 0 spiro atoms. The Hall–Kier alpha value is -0.940. The molecule has 0 unspecified atom stereocenters. The van der Waals surface area contributed by atoms with E-state index in [1.807, 2.05) is 6.92 Å². The molecule has 0 amide bonds. The van der Waals surface area contributed by atoms with E-state index in [1.54, 1.807) is 0 Å². The maximum atomic E-state index is 6.00. The van der Waals surface area contributed by atoms with Gasteiger partial charge in [0.15, 0.2) is 0 Å². The van der Waals surface area contributed by atoms with Crippen LogP contribution in [0.1, 0.15) is 70.0 Å². The van der Waals surface area contributed by atoms with Crippen LogP contribution in [0, 0.1) is 0 Å². The highest BCUT2D eigenvalue weighted by Crippen LogP contribution is 2.43. The summed E-state index contributed by atoms with van der Waals surface area (Å²) >= 11 is 0. The molecule has 1 aromatic heterocycles. The smallest absolute Gasteiger partial charge is 0.234 e. The SMILES string of the molecule is CCOC1(c2noc(C3(CN)CCCC3)n2)CCCC1. The molecule has 2 N–H and O–H groups in total. The van der Waals surface area contributed by atoms with Crippen LogP contribution >= 0.6 is 0 Å². The molecule has 0 atom stereocenters. The topological polar surface area (TPSA) is 74.2 Å². The summed E-state index contributed by atoms with van der Waals surface area (Å²) in [5.41, 5.74) is 5.60. The van der Waals surface area contributed by atoms with Crippen LogP contribution in [0.25, 0.3) is 0 Å². The molecule has 112 valence electrons. The van der Waals surface area contributed by atoms with E-state index in [-0.39, 0.29) is 11.0 Å². The van der Waals surface area contributed by atoms with Gasteiger partial charge in [-0.1, -0.05) is 18.0 Å². The molecule has 0 saturated heterocycles. The van der Waals surface area contributed by atoms with E-state index in [0.717, 1.165) is 37.4 Å². The van der Waals surface area contributed by atoms with Gasteiger partial charge in [0.05, 0.1) is 5.41 Å². The quantitative estimate of drug-likeness (QED) is 0.897. The van der Waals surface area contributed by atoms with Gasteiger partial charge in [0.25, 0.3) is 0 Å². The van der Waals surface area contributed by atoms with Gasteiger partial charge in [-0.15, -0.1) is 0 Å². The summed E-state index contributed by atoms with van der Waals surface area (Å²) in [6, 6.07) is 0. The fourth-order valence-electron chi connectivity index (χ4n) is 3.84. The molecule has 5 nitrogen and oxygen atoms in total. The van der Waals surface area contributed by atoms with Crippen molar-refractivity contribution >= 4 is 0 Å². The van der Waals surface area contributed by atoms with Gasteiger partial charge in [0, 0.05) is 13.2 Å². The minimum Gasteiger partial charge on any atom is -0.367 e. The molecule has 0 radical (unpaired) electrons. The van der Waals surface area contributed by atoms with E-state index in [4.69, 9.17) is 20.0 Å². The fraction of sp³-hybridized carbons (Fsp3) is 0.867. The van der Waals surface area contributed by atoms with Crippen LogP contribution in [0.4, 0.5) is 0 Å². The molecule has 20 heavy (non-hydrogen) atoms. The average Bonchev–Trinajstić information content (AvgIpc) is 3.20. The number of aromatic nitrogens is 2. The molecule has 2 aliphatic rings. The summed E-state index contributed by atoms with van der Waals surface area (Å²) in [4.78, 5) is 4.73. The van der Waals surface area contributed by atoms with E-state index in [0.29, 0.717) is 13.2 Å². The molecule has 0 bridgehead atoms. The number of ether oxygens (including phenoxy) is 1. The molecule has 1 heterocycles. The minimum atomic E-state index is -0.315. The molecule has 2 aliphatic carbocycles. The van der Waals surface area contributed by atoms with Crippen LogP contribution in [0.5, 0.6) is 0 Å². The van der Waals surface area contributed by atoms with Gasteiger partial charge in [0.2, 0.25) is 11.7 Å². The molecular weight excluding hydrogens is 254 g/mol. The Morgan fingerprint density at radius 3 is 2.40 bits per heavy atom. The number of hydrogen-bond donors (Lipinski definition) is 1. The van der Waals surface area contributed by atoms with Crippen molar-refractivity contribution in [3.8, 4) is 0 Å². The zero-order valence-electron chi connectivity index (χ0n) is 12.4. The Kier molecular flexibility index (Phi) is 3.82. The standard InChI is InChI=1S/C15H25N3O2/c1-2-19-15(9-5-6-10-15)12-17-13(20-18-12)14(11-16)7-3-4-8-14/h2-11,16H2,1H3. The Morgan fingerprint density at radius 2 is 1.80 bits per heavy atom. The lowest BCUT2D eigenvalue weighted by Crippen LogP contribution is -2.33. The van der Waals surface area contributed by atoms with E-state index < -0.39 is 0 Å². The molecule has 2 saturated carbocycles. The molecule has 0 aliphatic heterocycles. The third kappa shape index (κ3) is 2.17. The maximum Gasteiger partial charge on any atom is 0.234 e. The summed E-state index contributed by atoms with van der Waals surface area (Å²) in [5, 5.41) is 4.26. The number of rotatable bonds is 5. The summed E-state index contributed by atoms with van der Waals surface area (Å²) in [6.45, 7) is 3.31. The highest BCUT2D eigenvalue weighted by molar-refractivity contribution is 5.12. The summed E-state index contributed by atoms with van der Waals surface area (Å²) in [6.07, 6.45) is 8.86. The lowest BCUT2D eigenvalue weighted by atomic mass is 9.86. The van der Waals surface area contributed by atoms with Crippen LogP contribution in [0.3, 0.4) is 0 Å². The van der Waals surface area contributed by atoms with Crippen LogP contribution < -0.4 is 5.73 Å². The first-order chi connectivity index (χ1) is 9.75. The summed E-state index contributed by atoms with van der Waals surface area (Å²) < 4.78 is 11.6. The van der Waals surface area contributed by atoms with Gasteiger partial charge in [-0.05, 0) is 45.4 Å². The van der Waals surface area contributed by atoms with E-state index >= 15 is 0 Å². The Bertz CT molecular complexity index is 446. The van der Waals surface area contributed by atoms with Gasteiger partial charge in [-0.2, -0.15) is 4.98 Å². The normalized spacial score (nSPS) is 24.3. The highest BCUT2D eigenvalue weighted by Gasteiger charge is 2.44. The molecule has 2 fully saturated rings. The van der Waals surface area contributed by atoms with Gasteiger partial charge >= 0.3 is 0 Å². The number of nitrogens with two attached hydrogens (primary N) is 1. The van der Waals surface area contributed by atoms with Crippen molar-refractivity contribution in [3.05, 3.63) is 11.7 Å². The third-order valence-corrected chi connectivity index (χ3v) is 5.07. The van der Waals surface area contributed by atoms with Gasteiger partial charge in [-0.3, -0.25) is 0 Å². The molecule has 3 rings (SSSR count). The highest BCUT2D eigenvalue weighted by atomic mass is 16.5. The second-order valence-electron chi connectivity index (χ2n) is 6.25. The number of hydrogen-bond acceptors (Lipinski definition) is 5. The van der Waals surface area contributed by atoms with Gasteiger partial charge < -0.3 is 15.0 Å². The Morgan fingerprint density at radius 1 is 1.15 bits per heavy atom. The van der Waals surface area contributed by atoms with Gasteiger partial charge in [0.1, 0.15) is 5.60 Å². The third-order valence-electron chi connectivity index (χ3n) is 5.07. The predicted octanol–water partition coefficient (Wildman–Crippen LogP) is 2.65. The number of nitrogens with zero attached hydrogens (tertiary/aromatic N) is 2. The van der Waals surface area contributed by atoms with Crippen LogP contribution in [-0.4, -0.2) is 23.3 Å². The van der Waals surface area contributed by atoms with Crippen molar-refractivity contribution in [2.75, 3.05) is 13.2 Å².